The minimum Gasteiger partial charge on any atom is -0.0622 e. The number of hydrogen-bond donors (Lipinski definition) is 0. The Balaban J connectivity index is 1.79. The first kappa shape index (κ1) is 11.6. The summed E-state index contributed by atoms with van der Waals surface area (Å²) in [5.74, 6) is 0.357. The van der Waals surface area contributed by atoms with E-state index in [9.17, 15) is 0 Å². The van der Waals surface area contributed by atoms with Crippen molar-refractivity contribution in [3.8, 4) is 0 Å². The summed E-state index contributed by atoms with van der Waals surface area (Å²) < 4.78 is 0. The maximum atomic E-state index is 3.30. The van der Waals surface area contributed by atoms with Crippen molar-refractivity contribution in [3.63, 3.8) is 0 Å². The molecule has 0 saturated heterocycles. The summed E-state index contributed by atoms with van der Waals surface area (Å²) in [7, 11) is 0. The van der Waals surface area contributed by atoms with Crippen molar-refractivity contribution in [1.29, 1.82) is 0 Å². The van der Waals surface area contributed by atoms with Crippen molar-refractivity contribution in [2.45, 2.75) is 0 Å². The summed E-state index contributed by atoms with van der Waals surface area (Å²) >= 11 is 0. The second-order valence-corrected chi connectivity index (χ2v) is 4.59. The quantitative estimate of drug-likeness (QED) is 0.662. The van der Waals surface area contributed by atoms with Gasteiger partial charge in [-0.1, -0.05) is 54.6 Å². The van der Waals surface area contributed by atoms with Gasteiger partial charge in [0.15, 0.2) is 0 Å². The molecule has 0 aromatic heterocycles. The molecule has 0 nitrogen and oxygen atoms in total. The molecule has 0 N–H and O–H groups in total. The summed E-state index contributed by atoms with van der Waals surface area (Å²) in [5, 5.41) is 0. The lowest BCUT2D eigenvalue weighted by atomic mass is 9.97. The van der Waals surface area contributed by atoms with Crippen LogP contribution >= 0.6 is 0 Å². The third-order valence-electron chi connectivity index (χ3n) is 3.29. The van der Waals surface area contributed by atoms with Gasteiger partial charge in [-0.2, -0.15) is 0 Å². The fraction of sp³-hybridized carbons (Fsp3) is 0.0526. The van der Waals surface area contributed by atoms with Crippen LogP contribution in [0, 0.1) is 12.0 Å². The highest BCUT2D eigenvalue weighted by molar-refractivity contribution is 5.55. The molecule has 19 heavy (non-hydrogen) atoms. The summed E-state index contributed by atoms with van der Waals surface area (Å²) in [4.78, 5) is 0. The van der Waals surface area contributed by atoms with Crippen molar-refractivity contribution in [3.05, 3.63) is 102 Å². The van der Waals surface area contributed by atoms with E-state index < -0.39 is 0 Å². The molecule has 0 heteroatoms. The topological polar surface area (TPSA) is 0 Å². The fourth-order valence-electron chi connectivity index (χ4n) is 2.29. The number of fused-ring (bicyclic) bond motifs is 1. The zero-order valence-corrected chi connectivity index (χ0v) is 10.7. The molecule has 0 saturated carbocycles. The van der Waals surface area contributed by atoms with Crippen LogP contribution in [0.25, 0.3) is 6.08 Å². The van der Waals surface area contributed by atoms with E-state index in [1.807, 2.05) is 18.2 Å². The van der Waals surface area contributed by atoms with E-state index in [-0.39, 0.29) is 0 Å². The molecule has 2 aliphatic rings. The number of benzene rings is 1. The monoisotopic (exact) mass is 243 g/mol. The van der Waals surface area contributed by atoms with E-state index in [0.29, 0.717) is 5.92 Å². The van der Waals surface area contributed by atoms with E-state index in [1.54, 1.807) is 0 Å². The molecule has 0 amide bonds. The van der Waals surface area contributed by atoms with E-state index >= 15 is 0 Å². The molecular formula is C19H15+. The van der Waals surface area contributed by atoms with Crippen molar-refractivity contribution in [2.75, 3.05) is 0 Å². The first-order valence-electron chi connectivity index (χ1n) is 6.51. The zero-order chi connectivity index (χ0) is 12.9. The third kappa shape index (κ3) is 2.70. The SMILES string of the molecule is [C+]1=C2C=C/C(=C\C=C\c3ccccc3)C2C=CC=C1. The molecule has 0 radical (unpaired) electrons. The first-order chi connectivity index (χ1) is 9.43. The minimum absolute atomic E-state index is 0.357. The predicted molar refractivity (Wildman–Crippen MR) is 81.2 cm³/mol. The molecule has 0 spiro atoms. The minimum atomic E-state index is 0.357. The standard InChI is InChI=1S/C19H15/c1-3-8-16(9-4-1)10-7-12-18-15-14-17-11-5-2-6-13-19(17)18/h1-10,12-15,19H/q+1/b10-7+,18-12+. The Hall–Kier alpha value is -2.43. The Morgan fingerprint density at radius 3 is 2.79 bits per heavy atom. The van der Waals surface area contributed by atoms with Gasteiger partial charge >= 0.3 is 0 Å². The number of hydrogen-bond acceptors (Lipinski definition) is 0. The normalized spacial score (nSPS) is 22.4. The predicted octanol–water partition coefficient (Wildman–Crippen LogP) is 4.67. The summed E-state index contributed by atoms with van der Waals surface area (Å²) in [6, 6.07) is 10.4. The van der Waals surface area contributed by atoms with Crippen LogP contribution in [0.3, 0.4) is 0 Å². The second kappa shape index (κ2) is 5.48. The van der Waals surface area contributed by atoms with Gasteiger partial charge in [0, 0.05) is 18.2 Å². The third-order valence-corrected chi connectivity index (χ3v) is 3.29. The van der Waals surface area contributed by atoms with E-state index in [2.05, 4.69) is 72.9 Å². The van der Waals surface area contributed by atoms with E-state index in [0.717, 1.165) is 0 Å². The Kier molecular flexibility index (Phi) is 3.36. The molecule has 1 aromatic carbocycles. The molecule has 3 rings (SSSR count). The van der Waals surface area contributed by atoms with Crippen LogP contribution in [0.1, 0.15) is 5.56 Å². The number of allylic oxidation sites excluding steroid dienone is 11. The highest BCUT2D eigenvalue weighted by Crippen LogP contribution is 2.31. The Morgan fingerprint density at radius 1 is 1.00 bits per heavy atom. The molecule has 1 unspecified atom stereocenters. The average molecular weight is 243 g/mol. The van der Waals surface area contributed by atoms with Gasteiger partial charge < -0.3 is 0 Å². The van der Waals surface area contributed by atoms with Gasteiger partial charge in [-0.05, 0) is 23.3 Å². The van der Waals surface area contributed by atoms with Gasteiger partial charge in [-0.15, -0.1) is 0 Å². The van der Waals surface area contributed by atoms with Crippen LogP contribution in [0.2, 0.25) is 0 Å². The zero-order valence-electron chi connectivity index (χ0n) is 10.7. The van der Waals surface area contributed by atoms with Gasteiger partial charge in [0.1, 0.15) is 11.6 Å². The molecular weight excluding hydrogens is 228 g/mol. The lowest BCUT2D eigenvalue weighted by Gasteiger charge is -2.02. The Morgan fingerprint density at radius 2 is 1.89 bits per heavy atom. The van der Waals surface area contributed by atoms with Gasteiger partial charge in [0.05, 0.1) is 5.92 Å². The Bertz CT molecular complexity index is 619. The highest BCUT2D eigenvalue weighted by Gasteiger charge is 2.24. The van der Waals surface area contributed by atoms with Crippen molar-refractivity contribution in [2.24, 2.45) is 5.92 Å². The van der Waals surface area contributed by atoms with Gasteiger partial charge in [-0.25, -0.2) is 0 Å². The van der Waals surface area contributed by atoms with Crippen LogP contribution < -0.4 is 0 Å². The summed E-state index contributed by atoms with van der Waals surface area (Å²) in [6.45, 7) is 0. The lowest BCUT2D eigenvalue weighted by molar-refractivity contribution is 0.986. The van der Waals surface area contributed by atoms with Gasteiger partial charge in [-0.3, -0.25) is 0 Å². The fourth-order valence-corrected chi connectivity index (χ4v) is 2.29. The maximum absolute atomic E-state index is 3.30. The lowest BCUT2D eigenvalue weighted by Crippen LogP contribution is -1.95. The summed E-state index contributed by atoms with van der Waals surface area (Å²) in [5.41, 5.74) is 3.78. The van der Waals surface area contributed by atoms with Gasteiger partial charge in [0.25, 0.3) is 0 Å². The second-order valence-electron chi connectivity index (χ2n) is 4.59. The number of rotatable bonds is 2. The summed E-state index contributed by atoms with van der Waals surface area (Å²) in [6.07, 6.45) is 22.3. The van der Waals surface area contributed by atoms with E-state index in [4.69, 9.17) is 0 Å². The van der Waals surface area contributed by atoms with Crippen LogP contribution in [-0.2, 0) is 0 Å². The van der Waals surface area contributed by atoms with Crippen molar-refractivity contribution < 1.29 is 0 Å². The first-order valence-corrected chi connectivity index (χ1v) is 6.51. The molecule has 0 heterocycles. The van der Waals surface area contributed by atoms with Crippen LogP contribution in [0.4, 0.5) is 0 Å². The molecule has 1 aromatic rings. The molecule has 0 fully saturated rings. The molecule has 90 valence electrons. The van der Waals surface area contributed by atoms with Crippen LogP contribution in [-0.4, -0.2) is 0 Å². The van der Waals surface area contributed by atoms with Crippen LogP contribution in [0.5, 0.6) is 0 Å². The highest BCUT2D eigenvalue weighted by atomic mass is 14.2. The van der Waals surface area contributed by atoms with Crippen molar-refractivity contribution in [1.82, 2.24) is 0 Å². The Labute approximate surface area is 114 Å². The molecule has 2 aliphatic carbocycles. The smallest absolute Gasteiger partial charge is 0.0622 e. The molecule has 0 bridgehead atoms. The maximum Gasteiger partial charge on any atom is 0.126 e. The largest absolute Gasteiger partial charge is 0.126 e. The van der Waals surface area contributed by atoms with Crippen molar-refractivity contribution >= 4 is 6.08 Å². The van der Waals surface area contributed by atoms with Crippen LogP contribution in [0.15, 0.2) is 90.1 Å². The van der Waals surface area contributed by atoms with Gasteiger partial charge in [0.2, 0.25) is 0 Å². The molecule has 1 atom stereocenters. The average Bonchev–Trinajstić information content (AvgIpc) is 2.69. The molecule has 0 aliphatic heterocycles. The van der Waals surface area contributed by atoms with E-state index in [1.165, 1.54) is 16.7 Å².